The van der Waals surface area contributed by atoms with Crippen molar-refractivity contribution in [2.45, 2.75) is 57.3 Å². The van der Waals surface area contributed by atoms with Crippen LogP contribution in [0.4, 0.5) is 17.6 Å². The van der Waals surface area contributed by atoms with Crippen LogP contribution >= 0.6 is 0 Å². The predicted octanol–water partition coefficient (Wildman–Crippen LogP) is 5.78. The Balaban J connectivity index is 1.45. The first-order chi connectivity index (χ1) is 19.6. The minimum absolute atomic E-state index is 0.0953. The maximum Gasteiger partial charge on any atom is 0.435 e. The summed E-state index contributed by atoms with van der Waals surface area (Å²) in [6.07, 6.45) is 0.474. The Labute approximate surface area is 238 Å². The molecule has 1 saturated heterocycles. The Hall–Kier alpha value is -3.08. The van der Waals surface area contributed by atoms with Crippen molar-refractivity contribution in [1.29, 1.82) is 0 Å². The molecule has 1 unspecified atom stereocenters. The van der Waals surface area contributed by atoms with Gasteiger partial charge in [0, 0.05) is 44.7 Å². The molecule has 2 heterocycles. The lowest BCUT2D eigenvalue weighted by Crippen LogP contribution is -2.33. The SMILES string of the molecule is CN1CCCN(C(CCC2CC2)c2ccc(F)c(CC(=O)c3cc(C(F)(F)F)nn3-c3cccc(CN)c3)c2)CC1. The molecule has 5 rings (SSSR count). The molecular formula is C31H37F4N5O. The van der Waals surface area contributed by atoms with Gasteiger partial charge < -0.3 is 10.6 Å². The van der Waals surface area contributed by atoms with E-state index in [4.69, 9.17) is 5.73 Å². The van der Waals surface area contributed by atoms with Gasteiger partial charge in [-0.15, -0.1) is 0 Å². The monoisotopic (exact) mass is 571 g/mol. The number of Topliss-reactive ketones (excluding diaryl/α,β-unsaturated/α-hetero) is 1. The number of halogens is 4. The summed E-state index contributed by atoms with van der Waals surface area (Å²) in [6.45, 7) is 3.99. The number of hydrogen-bond donors (Lipinski definition) is 1. The summed E-state index contributed by atoms with van der Waals surface area (Å²) in [5.74, 6) is -0.450. The zero-order chi connectivity index (χ0) is 29.1. The van der Waals surface area contributed by atoms with Crippen LogP contribution < -0.4 is 5.73 Å². The summed E-state index contributed by atoms with van der Waals surface area (Å²) < 4.78 is 57.0. The second-order valence-corrected chi connectivity index (χ2v) is 11.4. The van der Waals surface area contributed by atoms with Crippen molar-refractivity contribution in [3.05, 3.63) is 82.4 Å². The van der Waals surface area contributed by atoms with E-state index in [1.165, 1.54) is 18.9 Å². The summed E-state index contributed by atoms with van der Waals surface area (Å²) in [5.41, 5.74) is 6.36. The van der Waals surface area contributed by atoms with E-state index >= 15 is 4.39 Å². The van der Waals surface area contributed by atoms with Crippen LogP contribution in [0.25, 0.3) is 5.69 Å². The van der Waals surface area contributed by atoms with Gasteiger partial charge >= 0.3 is 6.18 Å². The molecule has 2 aliphatic rings. The summed E-state index contributed by atoms with van der Waals surface area (Å²) in [5, 5.41) is 3.71. The number of benzene rings is 2. The molecule has 2 fully saturated rings. The van der Waals surface area contributed by atoms with E-state index in [1.54, 1.807) is 36.4 Å². The second kappa shape index (κ2) is 12.4. The third-order valence-corrected chi connectivity index (χ3v) is 8.22. The molecule has 0 amide bonds. The third kappa shape index (κ3) is 7.23. The third-order valence-electron chi connectivity index (χ3n) is 8.22. The van der Waals surface area contributed by atoms with E-state index in [2.05, 4.69) is 21.9 Å². The minimum Gasteiger partial charge on any atom is -0.326 e. The van der Waals surface area contributed by atoms with E-state index in [0.717, 1.165) is 67.7 Å². The normalized spacial score (nSPS) is 17.9. The predicted molar refractivity (Wildman–Crippen MR) is 149 cm³/mol. The van der Waals surface area contributed by atoms with Crippen LogP contribution in [0.2, 0.25) is 0 Å². The van der Waals surface area contributed by atoms with Crippen molar-refractivity contribution in [3.8, 4) is 5.69 Å². The highest BCUT2D eigenvalue weighted by Crippen LogP contribution is 2.38. The molecule has 0 bridgehead atoms. The van der Waals surface area contributed by atoms with Crippen molar-refractivity contribution >= 4 is 5.78 Å². The maximum atomic E-state index is 15.1. The van der Waals surface area contributed by atoms with Gasteiger partial charge in [-0.2, -0.15) is 18.3 Å². The van der Waals surface area contributed by atoms with Gasteiger partial charge in [0.25, 0.3) is 0 Å². The first-order valence-electron chi connectivity index (χ1n) is 14.3. The van der Waals surface area contributed by atoms with Crippen LogP contribution in [0.5, 0.6) is 0 Å². The van der Waals surface area contributed by atoms with Crippen LogP contribution in [-0.2, 0) is 19.1 Å². The van der Waals surface area contributed by atoms with Crippen molar-refractivity contribution < 1.29 is 22.4 Å². The first kappa shape index (κ1) is 29.4. The number of aromatic nitrogens is 2. The van der Waals surface area contributed by atoms with Gasteiger partial charge in [-0.05, 0) is 73.7 Å². The van der Waals surface area contributed by atoms with Crippen LogP contribution in [0, 0.1) is 11.7 Å². The Morgan fingerprint density at radius 2 is 1.88 bits per heavy atom. The van der Waals surface area contributed by atoms with Crippen molar-refractivity contribution in [2.24, 2.45) is 11.7 Å². The molecule has 2 aromatic carbocycles. The molecule has 6 nitrogen and oxygen atoms in total. The number of carbonyl (C=O) groups excluding carboxylic acids is 1. The van der Waals surface area contributed by atoms with E-state index < -0.39 is 23.5 Å². The molecule has 1 aliphatic carbocycles. The van der Waals surface area contributed by atoms with Gasteiger partial charge in [-0.25, -0.2) is 9.07 Å². The summed E-state index contributed by atoms with van der Waals surface area (Å²) in [6, 6.07) is 12.3. The van der Waals surface area contributed by atoms with Gasteiger partial charge in [-0.1, -0.05) is 37.1 Å². The zero-order valence-electron chi connectivity index (χ0n) is 23.3. The Morgan fingerprint density at radius 3 is 2.61 bits per heavy atom. The second-order valence-electron chi connectivity index (χ2n) is 11.4. The molecule has 220 valence electrons. The number of nitrogens with zero attached hydrogens (tertiary/aromatic N) is 4. The fraction of sp³-hybridized carbons (Fsp3) is 0.484. The number of nitrogens with two attached hydrogens (primary N) is 1. The molecule has 2 N–H and O–H groups in total. The first-order valence-corrected chi connectivity index (χ1v) is 14.3. The smallest absolute Gasteiger partial charge is 0.326 e. The van der Waals surface area contributed by atoms with Crippen LogP contribution in [0.1, 0.15) is 71.0 Å². The highest BCUT2D eigenvalue weighted by atomic mass is 19.4. The lowest BCUT2D eigenvalue weighted by molar-refractivity contribution is -0.141. The van der Waals surface area contributed by atoms with E-state index in [9.17, 15) is 18.0 Å². The lowest BCUT2D eigenvalue weighted by atomic mass is 9.95. The number of carbonyl (C=O) groups is 1. The topological polar surface area (TPSA) is 67.4 Å². The molecule has 1 aliphatic heterocycles. The van der Waals surface area contributed by atoms with Crippen LogP contribution in [0.3, 0.4) is 0 Å². The maximum absolute atomic E-state index is 15.1. The highest BCUT2D eigenvalue weighted by Gasteiger charge is 2.36. The minimum atomic E-state index is -4.74. The number of hydrogen-bond acceptors (Lipinski definition) is 5. The quantitative estimate of drug-likeness (QED) is 0.247. The van der Waals surface area contributed by atoms with Gasteiger partial charge in [-0.3, -0.25) is 9.69 Å². The fourth-order valence-electron chi connectivity index (χ4n) is 5.67. The number of likely N-dealkylation sites (N-methyl/N-ethyl adjacent to an activating group) is 1. The Morgan fingerprint density at radius 1 is 1.07 bits per heavy atom. The van der Waals surface area contributed by atoms with Gasteiger partial charge in [0.15, 0.2) is 11.5 Å². The van der Waals surface area contributed by atoms with E-state index in [1.807, 2.05) is 0 Å². The van der Waals surface area contributed by atoms with Crippen molar-refractivity contribution in [2.75, 3.05) is 33.2 Å². The van der Waals surface area contributed by atoms with E-state index in [0.29, 0.717) is 5.56 Å². The summed E-state index contributed by atoms with van der Waals surface area (Å²) >= 11 is 0. The number of rotatable bonds is 10. The molecule has 1 atom stereocenters. The fourth-order valence-corrected chi connectivity index (χ4v) is 5.67. The molecule has 1 saturated carbocycles. The van der Waals surface area contributed by atoms with Crippen LogP contribution in [0.15, 0.2) is 48.5 Å². The number of ketones is 1. The lowest BCUT2D eigenvalue weighted by Gasteiger charge is -2.31. The van der Waals surface area contributed by atoms with Crippen molar-refractivity contribution in [1.82, 2.24) is 19.6 Å². The van der Waals surface area contributed by atoms with Gasteiger partial charge in [0.2, 0.25) is 0 Å². The molecule has 41 heavy (non-hydrogen) atoms. The summed E-state index contributed by atoms with van der Waals surface area (Å²) in [7, 11) is 2.12. The standard InChI is InChI=1S/C31H37F4N5O/c1-38-12-3-13-39(15-14-38)27(11-8-21-6-7-21)23-9-10-26(32)24(17-23)18-29(41)28-19-30(31(33,34)35)37-40(28)25-5-2-4-22(16-25)20-36/h2,4-5,9-10,16-17,19,21,27H,3,6-8,11-15,18,20,36H2,1H3. The van der Waals surface area contributed by atoms with E-state index in [-0.39, 0.29) is 36.0 Å². The zero-order valence-corrected chi connectivity index (χ0v) is 23.3. The van der Waals surface area contributed by atoms with Gasteiger partial charge in [0.05, 0.1) is 5.69 Å². The highest BCUT2D eigenvalue weighted by molar-refractivity contribution is 5.96. The average Bonchev–Trinajstić information content (AvgIpc) is 3.70. The van der Waals surface area contributed by atoms with Crippen LogP contribution in [-0.4, -0.2) is 58.6 Å². The molecule has 3 aromatic rings. The molecule has 0 radical (unpaired) electrons. The number of alkyl halides is 3. The summed E-state index contributed by atoms with van der Waals surface area (Å²) in [4.78, 5) is 18.3. The van der Waals surface area contributed by atoms with Crippen molar-refractivity contribution in [3.63, 3.8) is 0 Å². The average molecular weight is 572 g/mol. The largest absolute Gasteiger partial charge is 0.435 e. The molecule has 0 spiro atoms. The molecule has 1 aromatic heterocycles. The van der Waals surface area contributed by atoms with Gasteiger partial charge in [0.1, 0.15) is 11.5 Å². The molecular weight excluding hydrogens is 534 g/mol. The Bertz CT molecular complexity index is 1370. The molecule has 10 heteroatoms. The Kier molecular flexibility index (Phi) is 8.91.